The Labute approximate surface area is 130 Å². The van der Waals surface area contributed by atoms with Gasteiger partial charge in [0.25, 0.3) is 0 Å². The zero-order valence-electron chi connectivity index (χ0n) is 11.2. The molecule has 0 saturated carbocycles. The molecule has 1 heterocycles. The van der Waals surface area contributed by atoms with E-state index in [1.165, 1.54) is 5.56 Å². The second-order valence-electron chi connectivity index (χ2n) is 4.85. The van der Waals surface area contributed by atoms with Crippen LogP contribution in [0.4, 0.5) is 0 Å². The van der Waals surface area contributed by atoms with Gasteiger partial charge in [-0.1, -0.05) is 22.0 Å². The number of benzene rings is 1. The maximum Gasteiger partial charge on any atom is 0.0743 e. The summed E-state index contributed by atoms with van der Waals surface area (Å²) in [5.41, 5.74) is 10.3. The second kappa shape index (κ2) is 5.77. The Bertz CT molecular complexity index is 603. The number of aryl methyl sites for hydroxylation is 1. The van der Waals surface area contributed by atoms with E-state index in [2.05, 4.69) is 56.0 Å². The van der Waals surface area contributed by atoms with Crippen molar-refractivity contribution < 1.29 is 0 Å². The van der Waals surface area contributed by atoms with Gasteiger partial charge in [-0.3, -0.25) is 0 Å². The van der Waals surface area contributed by atoms with Crippen LogP contribution in [0.3, 0.4) is 0 Å². The average molecular weight is 387 g/mol. The van der Waals surface area contributed by atoms with Crippen molar-refractivity contribution in [3.05, 3.63) is 44.1 Å². The number of aromatic nitrogens is 2. The van der Waals surface area contributed by atoms with Gasteiger partial charge in [0.1, 0.15) is 0 Å². The number of halogens is 2. The molecule has 19 heavy (non-hydrogen) atoms. The van der Waals surface area contributed by atoms with Gasteiger partial charge < -0.3 is 5.73 Å². The molecular formula is C14H17Br2N3. The molecule has 1 aromatic carbocycles. The predicted octanol–water partition coefficient (Wildman–Crippen LogP) is 3.90. The number of nitrogens with zero attached hydrogens (tertiary/aromatic N) is 2. The van der Waals surface area contributed by atoms with Crippen molar-refractivity contribution in [2.45, 2.75) is 33.2 Å². The van der Waals surface area contributed by atoms with Gasteiger partial charge in [0.05, 0.1) is 21.5 Å². The molecule has 0 bridgehead atoms. The lowest BCUT2D eigenvalue weighted by Gasteiger charge is -2.13. The fourth-order valence-electron chi connectivity index (χ4n) is 2.11. The first-order chi connectivity index (χ1) is 8.90. The van der Waals surface area contributed by atoms with Crippen molar-refractivity contribution >= 4 is 31.9 Å². The number of nitrogens with two attached hydrogens (primary N) is 1. The van der Waals surface area contributed by atoms with E-state index in [0.717, 1.165) is 32.4 Å². The number of hydrogen-bond donors (Lipinski definition) is 1. The maximum atomic E-state index is 5.93. The summed E-state index contributed by atoms with van der Waals surface area (Å²) < 4.78 is 4.07. The molecule has 0 aliphatic rings. The van der Waals surface area contributed by atoms with Gasteiger partial charge in [-0.15, -0.1) is 0 Å². The summed E-state index contributed by atoms with van der Waals surface area (Å²) in [6.07, 6.45) is 0.832. The summed E-state index contributed by atoms with van der Waals surface area (Å²) in [5, 5.41) is 4.60. The third-order valence-electron chi connectivity index (χ3n) is 3.02. The minimum absolute atomic E-state index is 0.125. The molecule has 0 fully saturated rings. The Kier molecular flexibility index (Phi) is 4.48. The van der Waals surface area contributed by atoms with Gasteiger partial charge in [0, 0.05) is 10.5 Å². The number of hydrogen-bond acceptors (Lipinski definition) is 2. The maximum absolute atomic E-state index is 5.93. The molecule has 5 heteroatoms. The van der Waals surface area contributed by atoms with Crippen LogP contribution in [0.5, 0.6) is 0 Å². The van der Waals surface area contributed by atoms with Crippen LogP contribution >= 0.6 is 31.9 Å². The Morgan fingerprint density at radius 3 is 2.53 bits per heavy atom. The average Bonchev–Trinajstić information content (AvgIpc) is 2.59. The van der Waals surface area contributed by atoms with E-state index in [9.17, 15) is 0 Å². The molecule has 2 aromatic rings. The quantitative estimate of drug-likeness (QED) is 0.869. The highest BCUT2D eigenvalue weighted by atomic mass is 79.9. The van der Waals surface area contributed by atoms with Crippen LogP contribution in [0.1, 0.15) is 23.9 Å². The SMILES string of the molecule is Cc1nn(-c2cc(Br)ccc2CC(C)N)c(C)c1Br. The summed E-state index contributed by atoms with van der Waals surface area (Å²) in [4.78, 5) is 0. The van der Waals surface area contributed by atoms with Crippen molar-refractivity contribution in [1.29, 1.82) is 0 Å². The van der Waals surface area contributed by atoms with Gasteiger partial charge in [0.2, 0.25) is 0 Å². The van der Waals surface area contributed by atoms with E-state index in [1.54, 1.807) is 0 Å². The molecule has 0 aliphatic carbocycles. The second-order valence-corrected chi connectivity index (χ2v) is 6.56. The highest BCUT2D eigenvalue weighted by Crippen LogP contribution is 2.27. The normalized spacial score (nSPS) is 12.7. The lowest BCUT2D eigenvalue weighted by atomic mass is 10.1. The van der Waals surface area contributed by atoms with Gasteiger partial charge in [-0.05, 0) is 60.8 Å². The molecular weight excluding hydrogens is 370 g/mol. The van der Waals surface area contributed by atoms with Crippen molar-refractivity contribution in [1.82, 2.24) is 9.78 Å². The third-order valence-corrected chi connectivity index (χ3v) is 4.66. The minimum atomic E-state index is 0.125. The summed E-state index contributed by atoms with van der Waals surface area (Å²) in [6.45, 7) is 6.07. The smallest absolute Gasteiger partial charge is 0.0743 e. The fraction of sp³-hybridized carbons (Fsp3) is 0.357. The van der Waals surface area contributed by atoms with Crippen LogP contribution in [0.15, 0.2) is 27.1 Å². The molecule has 2 rings (SSSR count). The van der Waals surface area contributed by atoms with Crippen LogP contribution in [0, 0.1) is 13.8 Å². The van der Waals surface area contributed by atoms with E-state index in [4.69, 9.17) is 5.73 Å². The summed E-state index contributed by atoms with van der Waals surface area (Å²) >= 11 is 7.10. The van der Waals surface area contributed by atoms with Crippen LogP contribution in [-0.4, -0.2) is 15.8 Å². The molecule has 0 spiro atoms. The first-order valence-corrected chi connectivity index (χ1v) is 7.75. The molecule has 102 valence electrons. The van der Waals surface area contributed by atoms with E-state index in [-0.39, 0.29) is 6.04 Å². The van der Waals surface area contributed by atoms with Gasteiger partial charge in [-0.2, -0.15) is 5.10 Å². The predicted molar refractivity (Wildman–Crippen MR) is 85.8 cm³/mol. The van der Waals surface area contributed by atoms with Crippen LogP contribution in [-0.2, 0) is 6.42 Å². The monoisotopic (exact) mass is 385 g/mol. The zero-order valence-corrected chi connectivity index (χ0v) is 14.4. The molecule has 3 nitrogen and oxygen atoms in total. The van der Waals surface area contributed by atoms with Gasteiger partial charge >= 0.3 is 0 Å². The van der Waals surface area contributed by atoms with E-state index in [1.807, 2.05) is 24.6 Å². The van der Waals surface area contributed by atoms with Crippen molar-refractivity contribution in [2.75, 3.05) is 0 Å². The van der Waals surface area contributed by atoms with Crippen molar-refractivity contribution in [3.63, 3.8) is 0 Å². The van der Waals surface area contributed by atoms with Crippen molar-refractivity contribution in [3.8, 4) is 5.69 Å². The highest BCUT2D eigenvalue weighted by molar-refractivity contribution is 9.10. The Morgan fingerprint density at radius 2 is 2.00 bits per heavy atom. The molecule has 2 N–H and O–H groups in total. The first-order valence-electron chi connectivity index (χ1n) is 6.16. The number of rotatable bonds is 3. The van der Waals surface area contributed by atoms with E-state index in [0.29, 0.717) is 0 Å². The van der Waals surface area contributed by atoms with Gasteiger partial charge in [0.15, 0.2) is 0 Å². The molecule has 0 aliphatic heterocycles. The molecule has 0 saturated heterocycles. The standard InChI is InChI=1S/C14H17Br2N3/c1-8(17)6-11-4-5-12(15)7-13(11)19-10(3)14(16)9(2)18-19/h4-5,7-8H,6,17H2,1-3H3. The highest BCUT2D eigenvalue weighted by Gasteiger charge is 2.14. The van der Waals surface area contributed by atoms with Gasteiger partial charge in [-0.25, -0.2) is 4.68 Å². The minimum Gasteiger partial charge on any atom is -0.328 e. The molecule has 0 radical (unpaired) electrons. The zero-order chi connectivity index (χ0) is 14.2. The van der Waals surface area contributed by atoms with Crippen molar-refractivity contribution in [2.24, 2.45) is 5.73 Å². The summed E-state index contributed by atoms with van der Waals surface area (Å²) in [5.74, 6) is 0. The van der Waals surface area contributed by atoms with Crippen LogP contribution < -0.4 is 5.73 Å². The van der Waals surface area contributed by atoms with Crippen LogP contribution in [0.25, 0.3) is 5.69 Å². The third kappa shape index (κ3) is 3.09. The molecule has 1 unspecified atom stereocenters. The van der Waals surface area contributed by atoms with Crippen LogP contribution in [0.2, 0.25) is 0 Å². The summed E-state index contributed by atoms with van der Waals surface area (Å²) in [6, 6.07) is 6.36. The Balaban J connectivity index is 2.59. The lowest BCUT2D eigenvalue weighted by molar-refractivity contribution is 0.723. The molecule has 1 aromatic heterocycles. The van der Waals surface area contributed by atoms with E-state index < -0.39 is 0 Å². The lowest BCUT2D eigenvalue weighted by Crippen LogP contribution is -2.19. The fourth-order valence-corrected chi connectivity index (χ4v) is 2.71. The largest absolute Gasteiger partial charge is 0.328 e. The molecule has 1 atom stereocenters. The molecule has 0 amide bonds. The topological polar surface area (TPSA) is 43.8 Å². The Morgan fingerprint density at radius 1 is 1.32 bits per heavy atom. The summed E-state index contributed by atoms with van der Waals surface area (Å²) in [7, 11) is 0. The first kappa shape index (κ1) is 14.8. The Hall–Kier alpha value is -0.650. The van der Waals surface area contributed by atoms with E-state index >= 15 is 0 Å².